The fourth-order valence-corrected chi connectivity index (χ4v) is 6.78. The predicted octanol–water partition coefficient (Wildman–Crippen LogP) is 6.66. The maximum absolute atomic E-state index is 13.3. The molecule has 1 aliphatic heterocycles. The van der Waals surface area contributed by atoms with Gasteiger partial charge < -0.3 is 0 Å². The normalized spacial score (nSPS) is 18.6. The van der Waals surface area contributed by atoms with Crippen molar-refractivity contribution in [2.24, 2.45) is 0 Å². The summed E-state index contributed by atoms with van der Waals surface area (Å²) in [6.45, 7) is 0. The number of anilines is 1. The Hall–Kier alpha value is -2.19. The zero-order valence-corrected chi connectivity index (χ0v) is 20.6. The van der Waals surface area contributed by atoms with E-state index in [1.807, 2.05) is 42.5 Å². The molecular formula is C24H19Cl2N3O2S2. The van der Waals surface area contributed by atoms with Crippen LogP contribution in [0.5, 0.6) is 0 Å². The number of carbonyl (C=O) groups excluding carboxylic acids is 2. The Labute approximate surface area is 209 Å². The van der Waals surface area contributed by atoms with Crippen molar-refractivity contribution >= 4 is 63.1 Å². The summed E-state index contributed by atoms with van der Waals surface area (Å²) >= 11 is 15.6. The molecule has 2 aromatic carbocycles. The van der Waals surface area contributed by atoms with Gasteiger partial charge in [-0.2, -0.15) is 0 Å². The van der Waals surface area contributed by atoms with Crippen molar-refractivity contribution in [3.05, 3.63) is 81.0 Å². The summed E-state index contributed by atoms with van der Waals surface area (Å²) in [5.41, 5.74) is 3.27. The van der Waals surface area contributed by atoms with Gasteiger partial charge in [0.1, 0.15) is 0 Å². The Bertz CT molecular complexity index is 1270. The predicted molar refractivity (Wildman–Crippen MR) is 133 cm³/mol. The van der Waals surface area contributed by atoms with E-state index < -0.39 is 0 Å². The van der Waals surface area contributed by atoms with Crippen LogP contribution >= 0.6 is 46.3 Å². The minimum Gasteiger partial charge on any atom is -0.294 e. The molecule has 2 aliphatic rings. The van der Waals surface area contributed by atoms with Crippen LogP contribution in [0.3, 0.4) is 0 Å². The van der Waals surface area contributed by atoms with Crippen LogP contribution in [0.2, 0.25) is 10.0 Å². The van der Waals surface area contributed by atoms with E-state index in [2.05, 4.69) is 10.2 Å². The van der Waals surface area contributed by atoms with Crippen molar-refractivity contribution in [1.82, 2.24) is 10.2 Å². The number of amides is 1. The highest BCUT2D eigenvalue weighted by Crippen LogP contribution is 2.46. The van der Waals surface area contributed by atoms with Crippen molar-refractivity contribution in [3.8, 4) is 0 Å². The van der Waals surface area contributed by atoms with Gasteiger partial charge in [0.15, 0.2) is 10.1 Å². The molecule has 0 saturated carbocycles. The Morgan fingerprint density at radius 3 is 2.55 bits per heavy atom. The minimum absolute atomic E-state index is 0.0801. The maximum atomic E-state index is 13.3. The Balaban J connectivity index is 1.46. The topological polar surface area (TPSA) is 63.2 Å². The molecule has 3 aromatic rings. The molecule has 0 N–H and O–H groups in total. The van der Waals surface area contributed by atoms with E-state index in [1.54, 1.807) is 11.0 Å². The summed E-state index contributed by atoms with van der Waals surface area (Å²) in [5.74, 6) is 0.319. The van der Waals surface area contributed by atoms with Crippen molar-refractivity contribution in [1.29, 1.82) is 0 Å². The quantitative estimate of drug-likeness (QED) is 0.280. The van der Waals surface area contributed by atoms with Gasteiger partial charge in [-0.1, -0.05) is 82.7 Å². The van der Waals surface area contributed by atoms with E-state index >= 15 is 0 Å². The smallest absolute Gasteiger partial charge is 0.234 e. The van der Waals surface area contributed by atoms with Crippen LogP contribution < -0.4 is 4.90 Å². The third kappa shape index (κ3) is 4.47. The molecule has 1 amide bonds. The standard InChI is InChI=1S/C24H19Cl2N3O2S2/c25-17-8-3-1-6-14(17)13-32-24-28-27-23(33-24)29-19-10-5-11-20(30)22(19)16(12-21(29)31)15-7-2-4-9-18(15)26/h1-4,6-9,16H,5,10-13H2/t16-/m1/s1. The lowest BCUT2D eigenvalue weighted by molar-refractivity contribution is -0.119. The number of rotatable bonds is 5. The first kappa shape index (κ1) is 22.6. The number of benzene rings is 2. The highest BCUT2D eigenvalue weighted by atomic mass is 35.5. The van der Waals surface area contributed by atoms with E-state index in [0.717, 1.165) is 21.2 Å². The first-order valence-corrected chi connectivity index (χ1v) is 13.1. The third-order valence-corrected chi connectivity index (χ3v) is 8.66. The number of nitrogens with zero attached hydrogens (tertiary/aromatic N) is 3. The number of carbonyl (C=O) groups is 2. The number of halogens is 2. The fraction of sp³-hybridized carbons (Fsp3) is 0.250. The molecule has 168 valence electrons. The van der Waals surface area contributed by atoms with Gasteiger partial charge in [0.25, 0.3) is 0 Å². The van der Waals surface area contributed by atoms with Crippen LogP contribution in [0.15, 0.2) is 64.1 Å². The molecular weight excluding hydrogens is 497 g/mol. The van der Waals surface area contributed by atoms with E-state index in [9.17, 15) is 9.59 Å². The van der Waals surface area contributed by atoms with Crippen LogP contribution in [0, 0.1) is 0 Å². The first-order valence-electron chi connectivity index (χ1n) is 10.6. The van der Waals surface area contributed by atoms with Crippen molar-refractivity contribution in [2.45, 2.75) is 41.7 Å². The Morgan fingerprint density at radius 2 is 1.76 bits per heavy atom. The Morgan fingerprint density at radius 1 is 1.00 bits per heavy atom. The Kier molecular flexibility index (Phi) is 6.56. The molecule has 1 atom stereocenters. The molecule has 5 nitrogen and oxygen atoms in total. The SMILES string of the molecule is O=C1CCCC2=C1[C@@H](c1ccccc1Cl)CC(=O)N2c1nnc(SCc2ccccc2Cl)s1. The summed E-state index contributed by atoms with van der Waals surface area (Å²) in [5, 5.41) is 10.4. The van der Waals surface area contributed by atoms with Crippen LogP contribution in [0.1, 0.15) is 42.7 Å². The average Bonchev–Trinajstić information content (AvgIpc) is 3.27. The van der Waals surface area contributed by atoms with Crippen LogP contribution in [-0.2, 0) is 15.3 Å². The molecule has 33 heavy (non-hydrogen) atoms. The number of hydrogen-bond acceptors (Lipinski definition) is 6. The first-order chi connectivity index (χ1) is 16.0. The minimum atomic E-state index is -0.327. The number of aromatic nitrogens is 2. The molecule has 0 saturated heterocycles. The summed E-state index contributed by atoms with van der Waals surface area (Å²) < 4.78 is 0.746. The van der Waals surface area contributed by atoms with Gasteiger partial charge in [-0.05, 0) is 36.1 Å². The second-order valence-corrected chi connectivity index (χ2v) is 10.9. The van der Waals surface area contributed by atoms with Gasteiger partial charge >= 0.3 is 0 Å². The van der Waals surface area contributed by atoms with Crippen molar-refractivity contribution in [3.63, 3.8) is 0 Å². The van der Waals surface area contributed by atoms with Crippen LogP contribution in [0.4, 0.5) is 5.13 Å². The van der Waals surface area contributed by atoms with Gasteiger partial charge in [-0.3, -0.25) is 14.5 Å². The van der Waals surface area contributed by atoms with E-state index in [0.29, 0.717) is 45.8 Å². The van der Waals surface area contributed by atoms with Crippen LogP contribution in [-0.4, -0.2) is 21.9 Å². The lowest BCUT2D eigenvalue weighted by Crippen LogP contribution is -2.40. The zero-order chi connectivity index (χ0) is 22.9. The van der Waals surface area contributed by atoms with Gasteiger partial charge in [-0.15, -0.1) is 10.2 Å². The largest absolute Gasteiger partial charge is 0.294 e. The summed E-state index contributed by atoms with van der Waals surface area (Å²) in [4.78, 5) is 28.0. The lowest BCUT2D eigenvalue weighted by Gasteiger charge is -2.37. The highest BCUT2D eigenvalue weighted by molar-refractivity contribution is 8.00. The van der Waals surface area contributed by atoms with Gasteiger partial charge in [0.2, 0.25) is 11.0 Å². The molecule has 0 fully saturated rings. The monoisotopic (exact) mass is 515 g/mol. The maximum Gasteiger partial charge on any atom is 0.234 e. The fourth-order valence-electron chi connectivity index (χ4n) is 4.34. The number of Topliss-reactive ketones (excluding diaryl/α,β-unsaturated/α-hetero) is 1. The molecule has 5 rings (SSSR count). The van der Waals surface area contributed by atoms with Crippen molar-refractivity contribution < 1.29 is 9.59 Å². The number of ketones is 1. The second-order valence-electron chi connectivity index (χ2n) is 7.88. The highest BCUT2D eigenvalue weighted by Gasteiger charge is 2.41. The molecule has 1 aliphatic carbocycles. The molecule has 0 unspecified atom stereocenters. The molecule has 2 heterocycles. The van der Waals surface area contributed by atoms with Gasteiger partial charge in [-0.25, -0.2) is 0 Å². The van der Waals surface area contributed by atoms with Crippen LogP contribution in [0.25, 0.3) is 0 Å². The molecule has 1 aromatic heterocycles. The number of thioether (sulfide) groups is 1. The summed E-state index contributed by atoms with van der Waals surface area (Å²) in [6, 6.07) is 15.1. The summed E-state index contributed by atoms with van der Waals surface area (Å²) in [7, 11) is 0. The van der Waals surface area contributed by atoms with Gasteiger partial charge in [0, 0.05) is 45.8 Å². The third-order valence-electron chi connectivity index (χ3n) is 5.85. The molecule has 0 spiro atoms. The van der Waals surface area contributed by atoms with Crippen molar-refractivity contribution in [2.75, 3.05) is 4.90 Å². The molecule has 0 bridgehead atoms. The average molecular weight is 516 g/mol. The number of allylic oxidation sites excluding steroid dienone is 2. The summed E-state index contributed by atoms with van der Waals surface area (Å²) in [6.07, 6.45) is 2.02. The van der Waals surface area contributed by atoms with E-state index in [4.69, 9.17) is 23.2 Å². The second kappa shape index (κ2) is 9.58. The zero-order valence-electron chi connectivity index (χ0n) is 17.5. The molecule has 9 heteroatoms. The number of hydrogen-bond donors (Lipinski definition) is 0. The molecule has 0 radical (unpaired) electrons. The van der Waals surface area contributed by atoms with E-state index in [-0.39, 0.29) is 24.0 Å². The van der Waals surface area contributed by atoms with Gasteiger partial charge in [0.05, 0.1) is 0 Å². The lowest BCUT2D eigenvalue weighted by atomic mass is 9.77. The van der Waals surface area contributed by atoms with E-state index in [1.165, 1.54) is 23.1 Å².